The molecule has 2 rings (SSSR count). The molecule has 0 heterocycles. The number of ether oxygens (including phenoxy) is 1. The minimum atomic E-state index is 0.157. The first-order valence-electron chi connectivity index (χ1n) is 5.19. The van der Waals surface area contributed by atoms with Crippen LogP contribution in [0.15, 0.2) is 48.5 Å². The van der Waals surface area contributed by atoms with Crippen LogP contribution < -0.4 is 13.7 Å². The second-order valence-corrected chi connectivity index (χ2v) is 5.78. The molecular weight excluding hydrogens is 279 g/mol. The third-order valence-corrected chi connectivity index (χ3v) is 4.62. The van der Waals surface area contributed by atoms with Crippen molar-refractivity contribution in [3.63, 3.8) is 0 Å². The fourth-order valence-corrected chi connectivity index (χ4v) is 3.36. The van der Waals surface area contributed by atoms with Crippen LogP contribution in [0.5, 0.6) is 5.75 Å². The Bertz CT molecular complexity index is 509. The van der Waals surface area contributed by atoms with E-state index < -0.39 is 0 Å². The molecule has 0 saturated carbocycles. The molecule has 0 aliphatic rings. The molecule has 2 aromatic rings. The van der Waals surface area contributed by atoms with Gasteiger partial charge < -0.3 is 0 Å². The molecule has 3 heteroatoms. The topological polar surface area (TPSA) is 26.3 Å². The van der Waals surface area contributed by atoms with E-state index >= 15 is 0 Å². The maximum atomic E-state index is 11.0. The number of rotatable bonds is 4. The van der Waals surface area contributed by atoms with Gasteiger partial charge in [-0.05, 0) is 0 Å². The molecular formula is C14H12O2Se. The zero-order chi connectivity index (χ0) is 12.1. The van der Waals surface area contributed by atoms with E-state index in [0.29, 0.717) is 5.56 Å². The van der Waals surface area contributed by atoms with Crippen molar-refractivity contribution in [2.45, 2.75) is 0 Å². The summed E-state index contributed by atoms with van der Waals surface area (Å²) in [5, 5.41) is 0. The van der Waals surface area contributed by atoms with E-state index in [1.54, 1.807) is 13.2 Å². The average molecular weight is 291 g/mol. The summed E-state index contributed by atoms with van der Waals surface area (Å²) in [5.74, 6) is 0.722. The molecule has 2 nitrogen and oxygen atoms in total. The van der Waals surface area contributed by atoms with Crippen molar-refractivity contribution in [1.29, 1.82) is 0 Å². The van der Waals surface area contributed by atoms with E-state index in [-0.39, 0.29) is 15.0 Å². The summed E-state index contributed by atoms with van der Waals surface area (Å²) in [4.78, 5) is 11.0. The molecule has 0 aromatic heterocycles. The maximum absolute atomic E-state index is 11.0. The van der Waals surface area contributed by atoms with E-state index in [9.17, 15) is 4.79 Å². The molecule has 2 aromatic carbocycles. The van der Waals surface area contributed by atoms with Gasteiger partial charge in [-0.3, -0.25) is 0 Å². The van der Waals surface area contributed by atoms with Gasteiger partial charge in [0.1, 0.15) is 0 Å². The first kappa shape index (κ1) is 11.9. The fourth-order valence-electron chi connectivity index (χ4n) is 1.45. The van der Waals surface area contributed by atoms with Crippen LogP contribution in [0, 0.1) is 0 Å². The van der Waals surface area contributed by atoms with Gasteiger partial charge in [0, 0.05) is 0 Å². The number of aldehydes is 1. The molecule has 86 valence electrons. The molecule has 0 aliphatic heterocycles. The number of carbonyl (C=O) groups excluding carboxylic acids is 1. The quantitative estimate of drug-likeness (QED) is 0.624. The number of methoxy groups -OCH3 is 1. The molecule has 0 radical (unpaired) electrons. The first-order valence-corrected chi connectivity index (χ1v) is 6.91. The first-order chi connectivity index (χ1) is 8.33. The van der Waals surface area contributed by atoms with Crippen molar-refractivity contribution >= 4 is 30.2 Å². The Labute approximate surface area is 107 Å². The van der Waals surface area contributed by atoms with Crippen molar-refractivity contribution in [3.8, 4) is 5.75 Å². The molecule has 0 spiro atoms. The SMILES string of the molecule is COc1ccc([Se]c2ccccc2)c(C=O)c1. The van der Waals surface area contributed by atoms with Gasteiger partial charge in [-0.2, -0.15) is 0 Å². The molecule has 17 heavy (non-hydrogen) atoms. The van der Waals surface area contributed by atoms with Gasteiger partial charge in [0.05, 0.1) is 0 Å². The number of hydrogen-bond acceptors (Lipinski definition) is 2. The molecule has 0 aliphatic carbocycles. The summed E-state index contributed by atoms with van der Waals surface area (Å²) in [6, 6.07) is 15.8. The molecule has 0 bridgehead atoms. The summed E-state index contributed by atoms with van der Waals surface area (Å²) in [7, 11) is 1.60. The second kappa shape index (κ2) is 5.67. The van der Waals surface area contributed by atoms with Gasteiger partial charge in [-0.1, -0.05) is 0 Å². The normalized spacial score (nSPS) is 9.94. The zero-order valence-corrected chi connectivity index (χ0v) is 11.1. The summed E-state index contributed by atoms with van der Waals surface area (Å²) in [6.07, 6.45) is 0.891. The van der Waals surface area contributed by atoms with Crippen LogP contribution in [0.4, 0.5) is 0 Å². The Morgan fingerprint density at radius 2 is 1.88 bits per heavy atom. The van der Waals surface area contributed by atoms with Crippen molar-refractivity contribution in [3.05, 3.63) is 54.1 Å². The average Bonchev–Trinajstić information content (AvgIpc) is 2.40. The molecule has 0 atom stereocenters. The third kappa shape index (κ3) is 2.96. The van der Waals surface area contributed by atoms with Crippen LogP contribution in [0.2, 0.25) is 0 Å². The van der Waals surface area contributed by atoms with Crippen LogP contribution in [0.1, 0.15) is 10.4 Å². The van der Waals surface area contributed by atoms with Gasteiger partial charge in [0.2, 0.25) is 0 Å². The van der Waals surface area contributed by atoms with E-state index in [2.05, 4.69) is 12.1 Å². The monoisotopic (exact) mass is 292 g/mol. The molecule has 0 amide bonds. The second-order valence-electron chi connectivity index (χ2n) is 3.44. The Morgan fingerprint density at radius 3 is 2.53 bits per heavy atom. The summed E-state index contributed by atoms with van der Waals surface area (Å²) >= 11 is 0.157. The van der Waals surface area contributed by atoms with E-state index in [0.717, 1.165) is 16.5 Å². The summed E-state index contributed by atoms with van der Waals surface area (Å²) in [5.41, 5.74) is 0.716. The molecule has 0 saturated heterocycles. The molecule has 0 fully saturated rings. The van der Waals surface area contributed by atoms with Gasteiger partial charge in [0.25, 0.3) is 0 Å². The Kier molecular flexibility index (Phi) is 3.97. The van der Waals surface area contributed by atoms with E-state index in [1.165, 1.54) is 4.46 Å². The minimum absolute atomic E-state index is 0.157. The standard InChI is InChI=1S/C14H12O2Se/c1-16-12-7-8-14(11(9-12)10-15)17-13-5-3-2-4-6-13/h2-10H,1H3. The Morgan fingerprint density at radius 1 is 1.12 bits per heavy atom. The van der Waals surface area contributed by atoms with Gasteiger partial charge in [0.15, 0.2) is 0 Å². The van der Waals surface area contributed by atoms with Crippen molar-refractivity contribution in [2.75, 3.05) is 7.11 Å². The van der Waals surface area contributed by atoms with Gasteiger partial charge in [-0.15, -0.1) is 0 Å². The number of carbonyl (C=O) groups is 1. The van der Waals surface area contributed by atoms with E-state index in [1.807, 2.05) is 30.3 Å². The van der Waals surface area contributed by atoms with E-state index in [4.69, 9.17) is 4.74 Å². The number of benzene rings is 2. The van der Waals surface area contributed by atoms with Crippen molar-refractivity contribution < 1.29 is 9.53 Å². The van der Waals surface area contributed by atoms with Gasteiger partial charge >= 0.3 is 107 Å². The zero-order valence-electron chi connectivity index (χ0n) is 9.42. The Balaban J connectivity index is 2.30. The summed E-state index contributed by atoms with van der Waals surface area (Å²) < 4.78 is 7.45. The third-order valence-electron chi connectivity index (χ3n) is 2.31. The fraction of sp³-hybridized carbons (Fsp3) is 0.0714. The molecule has 0 N–H and O–H groups in total. The van der Waals surface area contributed by atoms with Crippen LogP contribution in [0.3, 0.4) is 0 Å². The van der Waals surface area contributed by atoms with Crippen molar-refractivity contribution in [2.24, 2.45) is 0 Å². The van der Waals surface area contributed by atoms with Crippen LogP contribution in [0.25, 0.3) is 0 Å². The summed E-state index contributed by atoms with van der Waals surface area (Å²) in [6.45, 7) is 0. The predicted molar refractivity (Wildman–Crippen MR) is 69.8 cm³/mol. The van der Waals surface area contributed by atoms with Crippen LogP contribution >= 0.6 is 0 Å². The van der Waals surface area contributed by atoms with Crippen LogP contribution in [-0.2, 0) is 0 Å². The van der Waals surface area contributed by atoms with Crippen molar-refractivity contribution in [1.82, 2.24) is 0 Å². The van der Waals surface area contributed by atoms with Gasteiger partial charge in [-0.25, -0.2) is 0 Å². The van der Waals surface area contributed by atoms with Crippen LogP contribution in [-0.4, -0.2) is 28.4 Å². The predicted octanol–water partition coefficient (Wildman–Crippen LogP) is 1.16. The number of hydrogen-bond donors (Lipinski definition) is 0. The molecule has 0 unspecified atom stereocenters. The Hall–Kier alpha value is -1.57.